The van der Waals surface area contributed by atoms with Gasteiger partial charge in [0.15, 0.2) is 0 Å². The lowest BCUT2D eigenvalue weighted by Crippen LogP contribution is -2.38. The molecule has 1 aliphatic heterocycles. The first-order chi connectivity index (χ1) is 13.2. The fraction of sp³-hybridized carbons (Fsp3) is 0.292. The van der Waals surface area contributed by atoms with Crippen LogP contribution >= 0.6 is 0 Å². The van der Waals surface area contributed by atoms with E-state index >= 15 is 0 Å². The summed E-state index contributed by atoms with van der Waals surface area (Å²) in [6, 6.07) is 18.1. The summed E-state index contributed by atoms with van der Waals surface area (Å²) in [7, 11) is 1.65. The molecule has 1 unspecified atom stereocenters. The summed E-state index contributed by atoms with van der Waals surface area (Å²) in [6.45, 7) is 0. The summed E-state index contributed by atoms with van der Waals surface area (Å²) in [5.41, 5.74) is 1.82. The largest absolute Gasteiger partial charge is 0.497 e. The molecule has 2 aromatic carbocycles. The number of rotatable bonds is 4. The molecule has 1 saturated carbocycles. The molecule has 1 atom stereocenters. The monoisotopic (exact) mass is 360 g/mol. The molecule has 0 aromatic heterocycles. The number of carbonyl (C=O) groups is 1. The second kappa shape index (κ2) is 7.43. The Morgan fingerprint density at radius 3 is 2.37 bits per heavy atom. The van der Waals surface area contributed by atoms with Gasteiger partial charge in [0.05, 0.1) is 12.5 Å². The van der Waals surface area contributed by atoms with Crippen LogP contribution in [0.2, 0.25) is 0 Å². The fourth-order valence-corrected chi connectivity index (χ4v) is 4.27. The Morgan fingerprint density at radius 2 is 1.70 bits per heavy atom. The average Bonchev–Trinajstić information content (AvgIpc) is 3.20. The third kappa shape index (κ3) is 3.42. The topological polar surface area (TPSA) is 35.5 Å². The molecule has 1 fully saturated rings. The molecule has 138 valence electrons. The van der Waals surface area contributed by atoms with E-state index in [1.165, 1.54) is 5.56 Å². The second-order valence-corrected chi connectivity index (χ2v) is 7.32. The molecule has 1 spiro atoms. The standard InChI is InChI=1S/C24H24O3/c1-26-20-12-9-18(10-13-20)11-14-21-17-22(19-7-3-2-4-8-19)24(23(25)27-21)15-5-6-16-24/h2-4,7-14,17,22H,5-6,15-16H2,1H3. The van der Waals surface area contributed by atoms with Crippen LogP contribution in [0.5, 0.6) is 5.75 Å². The number of benzene rings is 2. The number of hydrogen-bond donors (Lipinski definition) is 0. The maximum Gasteiger partial charge on any atom is 0.318 e. The van der Waals surface area contributed by atoms with Gasteiger partial charge in [0.1, 0.15) is 11.5 Å². The molecule has 0 radical (unpaired) electrons. The minimum Gasteiger partial charge on any atom is -0.497 e. The molecule has 2 aliphatic rings. The van der Waals surface area contributed by atoms with E-state index in [-0.39, 0.29) is 11.9 Å². The molecular weight excluding hydrogens is 336 g/mol. The first-order valence-electron chi connectivity index (χ1n) is 9.52. The molecule has 4 rings (SSSR count). The van der Waals surface area contributed by atoms with Crippen LogP contribution in [0.1, 0.15) is 42.7 Å². The van der Waals surface area contributed by atoms with Crippen LogP contribution in [0.4, 0.5) is 0 Å². The van der Waals surface area contributed by atoms with Crippen molar-refractivity contribution in [3.63, 3.8) is 0 Å². The van der Waals surface area contributed by atoms with Gasteiger partial charge in [-0.15, -0.1) is 0 Å². The van der Waals surface area contributed by atoms with Crippen LogP contribution in [0.15, 0.2) is 72.5 Å². The van der Waals surface area contributed by atoms with Gasteiger partial charge in [-0.2, -0.15) is 0 Å². The van der Waals surface area contributed by atoms with Crippen molar-refractivity contribution >= 4 is 12.0 Å². The van der Waals surface area contributed by atoms with Crippen LogP contribution in [0.25, 0.3) is 6.08 Å². The molecule has 27 heavy (non-hydrogen) atoms. The Bertz CT molecular complexity index is 856. The summed E-state index contributed by atoms with van der Waals surface area (Å²) in [4.78, 5) is 13.0. The van der Waals surface area contributed by atoms with Gasteiger partial charge in [0, 0.05) is 5.92 Å². The number of allylic oxidation sites excluding steroid dienone is 2. The Labute approximate surface area is 160 Å². The van der Waals surface area contributed by atoms with Crippen molar-refractivity contribution in [2.45, 2.75) is 31.6 Å². The highest BCUT2D eigenvalue weighted by Crippen LogP contribution is 2.53. The van der Waals surface area contributed by atoms with Gasteiger partial charge in [0.2, 0.25) is 0 Å². The maximum atomic E-state index is 13.0. The van der Waals surface area contributed by atoms with E-state index in [2.05, 4.69) is 18.2 Å². The van der Waals surface area contributed by atoms with Crippen LogP contribution in [0.3, 0.4) is 0 Å². The lowest BCUT2D eigenvalue weighted by Gasteiger charge is -2.37. The maximum absolute atomic E-state index is 13.0. The third-order valence-electron chi connectivity index (χ3n) is 5.75. The molecule has 0 N–H and O–H groups in total. The SMILES string of the molecule is COc1ccc(C=CC2=CC(c3ccccc3)C3(CCCC3)C(=O)O2)cc1. The molecule has 3 heteroatoms. The van der Waals surface area contributed by atoms with Crippen LogP contribution in [-0.4, -0.2) is 13.1 Å². The molecular formula is C24H24O3. The first-order valence-corrected chi connectivity index (χ1v) is 9.52. The molecule has 1 aliphatic carbocycles. The van der Waals surface area contributed by atoms with E-state index in [0.29, 0.717) is 5.76 Å². The van der Waals surface area contributed by atoms with Crippen LogP contribution in [-0.2, 0) is 9.53 Å². The Morgan fingerprint density at radius 1 is 1.00 bits per heavy atom. The first kappa shape index (κ1) is 17.6. The number of esters is 1. The number of ether oxygens (including phenoxy) is 2. The molecule has 0 bridgehead atoms. The molecule has 0 saturated heterocycles. The summed E-state index contributed by atoms with van der Waals surface area (Å²) in [5, 5.41) is 0. The van der Waals surface area contributed by atoms with E-state index in [1.807, 2.05) is 54.6 Å². The molecule has 1 heterocycles. The normalized spacial score (nSPS) is 21.3. The zero-order valence-electron chi connectivity index (χ0n) is 15.6. The van der Waals surface area contributed by atoms with Crippen molar-refractivity contribution in [1.82, 2.24) is 0 Å². The van der Waals surface area contributed by atoms with E-state index in [4.69, 9.17) is 9.47 Å². The fourth-order valence-electron chi connectivity index (χ4n) is 4.27. The van der Waals surface area contributed by atoms with E-state index in [1.54, 1.807) is 7.11 Å². The number of carbonyl (C=O) groups excluding carboxylic acids is 1. The van der Waals surface area contributed by atoms with Crippen molar-refractivity contribution in [2.75, 3.05) is 7.11 Å². The lowest BCUT2D eigenvalue weighted by molar-refractivity contribution is -0.153. The van der Waals surface area contributed by atoms with Gasteiger partial charge in [0.25, 0.3) is 0 Å². The van der Waals surface area contributed by atoms with Crippen molar-refractivity contribution in [3.05, 3.63) is 83.6 Å². The highest BCUT2D eigenvalue weighted by molar-refractivity contribution is 5.82. The van der Waals surface area contributed by atoms with Crippen LogP contribution in [0, 0.1) is 5.41 Å². The lowest BCUT2D eigenvalue weighted by atomic mass is 9.69. The van der Waals surface area contributed by atoms with Crippen molar-refractivity contribution in [2.24, 2.45) is 5.41 Å². The van der Waals surface area contributed by atoms with Gasteiger partial charge in [-0.05, 0) is 48.3 Å². The Balaban J connectivity index is 1.65. The van der Waals surface area contributed by atoms with Gasteiger partial charge in [-0.1, -0.05) is 61.4 Å². The predicted molar refractivity (Wildman–Crippen MR) is 106 cm³/mol. The van der Waals surface area contributed by atoms with E-state index < -0.39 is 5.41 Å². The highest BCUT2D eigenvalue weighted by Gasteiger charge is 2.51. The van der Waals surface area contributed by atoms with E-state index in [9.17, 15) is 4.79 Å². The van der Waals surface area contributed by atoms with Crippen molar-refractivity contribution in [1.29, 1.82) is 0 Å². The highest BCUT2D eigenvalue weighted by atomic mass is 16.5. The molecule has 3 nitrogen and oxygen atoms in total. The quantitative estimate of drug-likeness (QED) is 0.676. The molecule has 0 amide bonds. The zero-order chi connectivity index (χ0) is 18.7. The Kier molecular flexibility index (Phi) is 4.85. The minimum atomic E-state index is -0.404. The number of cyclic esters (lactones) is 1. The summed E-state index contributed by atoms with van der Waals surface area (Å²) >= 11 is 0. The van der Waals surface area contributed by atoms with Crippen LogP contribution < -0.4 is 4.74 Å². The predicted octanol–water partition coefficient (Wildman–Crippen LogP) is 5.49. The average molecular weight is 360 g/mol. The smallest absolute Gasteiger partial charge is 0.318 e. The summed E-state index contributed by atoms with van der Waals surface area (Å²) in [5.74, 6) is 1.44. The van der Waals surface area contributed by atoms with Crippen molar-refractivity contribution in [3.8, 4) is 5.75 Å². The summed E-state index contributed by atoms with van der Waals surface area (Å²) in [6.07, 6.45) is 9.95. The molecule has 2 aromatic rings. The third-order valence-corrected chi connectivity index (χ3v) is 5.75. The van der Waals surface area contributed by atoms with Crippen molar-refractivity contribution < 1.29 is 14.3 Å². The number of methoxy groups -OCH3 is 1. The minimum absolute atomic E-state index is 0.0676. The second-order valence-electron chi connectivity index (χ2n) is 7.32. The zero-order valence-corrected chi connectivity index (χ0v) is 15.6. The van der Waals surface area contributed by atoms with Gasteiger partial charge in [-0.25, -0.2) is 0 Å². The number of hydrogen-bond acceptors (Lipinski definition) is 3. The Hall–Kier alpha value is -2.81. The van der Waals surface area contributed by atoms with Gasteiger partial charge >= 0.3 is 5.97 Å². The summed E-state index contributed by atoms with van der Waals surface area (Å²) < 4.78 is 10.9. The van der Waals surface area contributed by atoms with Gasteiger partial charge < -0.3 is 9.47 Å². The van der Waals surface area contributed by atoms with Gasteiger partial charge in [-0.3, -0.25) is 4.79 Å². The van der Waals surface area contributed by atoms with E-state index in [0.717, 1.165) is 37.0 Å².